The van der Waals surface area contributed by atoms with Gasteiger partial charge in [-0.05, 0) is 33.5 Å². The molecule has 5 nitrogen and oxygen atoms in total. The molecule has 0 aromatic rings. The molecule has 1 aliphatic rings. The minimum Gasteiger partial charge on any atom is -0.467 e. The highest BCUT2D eigenvalue weighted by atomic mass is 28.4. The van der Waals surface area contributed by atoms with Crippen molar-refractivity contribution in [3.8, 4) is 0 Å². The number of methoxy groups -OCH3 is 1. The van der Waals surface area contributed by atoms with Crippen LogP contribution in [-0.4, -0.2) is 46.0 Å². The Morgan fingerprint density at radius 1 is 1.41 bits per heavy atom. The van der Waals surface area contributed by atoms with E-state index in [1.807, 2.05) is 33.5 Å². The second-order valence-corrected chi connectivity index (χ2v) is 10.0. The van der Waals surface area contributed by atoms with Gasteiger partial charge in [-0.25, -0.2) is 4.79 Å². The first-order chi connectivity index (χ1) is 7.64. The fourth-order valence-electron chi connectivity index (χ4n) is 1.64. The van der Waals surface area contributed by atoms with Crippen LogP contribution in [0.2, 0.25) is 19.6 Å². The van der Waals surface area contributed by atoms with Gasteiger partial charge in [-0.3, -0.25) is 0 Å². The molecule has 2 unspecified atom stereocenters. The average molecular weight is 262 g/mol. The second-order valence-electron chi connectivity index (χ2n) is 5.54. The highest BCUT2D eigenvalue weighted by molar-refractivity contribution is 6.69. The van der Waals surface area contributed by atoms with Gasteiger partial charge >= 0.3 is 5.97 Å². The van der Waals surface area contributed by atoms with Crippen LogP contribution in [0, 0.1) is 0 Å². The molecule has 6 heteroatoms. The fourth-order valence-corrected chi connectivity index (χ4v) is 2.65. The molecule has 0 aliphatic carbocycles. The largest absolute Gasteiger partial charge is 0.467 e. The quantitative estimate of drug-likeness (QED) is 0.568. The summed E-state index contributed by atoms with van der Waals surface area (Å²) < 4.78 is 21.7. The highest BCUT2D eigenvalue weighted by Gasteiger charge is 2.43. The number of hydrogen-bond donors (Lipinski definition) is 0. The standard InChI is InChI=1S/C11H22O5Si/c1-11(2)14-7-8(15-11)9(10(12)13-3)16-17(4,5)6/h8-9H,7H2,1-6H3. The third kappa shape index (κ3) is 4.38. The van der Waals surface area contributed by atoms with Crippen molar-refractivity contribution in [2.45, 2.75) is 51.5 Å². The van der Waals surface area contributed by atoms with E-state index in [0.717, 1.165) is 0 Å². The van der Waals surface area contributed by atoms with E-state index < -0.39 is 32.3 Å². The van der Waals surface area contributed by atoms with Gasteiger partial charge in [0.15, 0.2) is 20.2 Å². The van der Waals surface area contributed by atoms with Gasteiger partial charge in [0.1, 0.15) is 6.10 Å². The Balaban J connectivity index is 2.74. The molecule has 1 saturated heterocycles. The Bertz CT molecular complexity index is 284. The Morgan fingerprint density at radius 2 is 2.00 bits per heavy atom. The number of rotatable bonds is 4. The van der Waals surface area contributed by atoms with E-state index in [9.17, 15) is 4.79 Å². The molecule has 1 heterocycles. The molecule has 17 heavy (non-hydrogen) atoms. The first-order valence-corrected chi connectivity index (χ1v) is 9.13. The van der Waals surface area contributed by atoms with Crippen molar-refractivity contribution in [2.75, 3.05) is 13.7 Å². The fraction of sp³-hybridized carbons (Fsp3) is 0.909. The van der Waals surface area contributed by atoms with Gasteiger partial charge in [0.05, 0.1) is 13.7 Å². The molecule has 100 valence electrons. The summed E-state index contributed by atoms with van der Waals surface area (Å²) in [5, 5.41) is 0. The summed E-state index contributed by atoms with van der Waals surface area (Å²) >= 11 is 0. The first-order valence-electron chi connectivity index (χ1n) is 5.72. The lowest BCUT2D eigenvalue weighted by atomic mass is 10.2. The third-order valence-corrected chi connectivity index (χ3v) is 3.24. The van der Waals surface area contributed by atoms with Gasteiger partial charge < -0.3 is 18.6 Å². The van der Waals surface area contributed by atoms with Crippen molar-refractivity contribution in [1.82, 2.24) is 0 Å². The van der Waals surface area contributed by atoms with Crippen LogP contribution < -0.4 is 0 Å². The number of carbonyl (C=O) groups is 1. The van der Waals surface area contributed by atoms with Crippen LogP contribution in [0.3, 0.4) is 0 Å². The van der Waals surface area contributed by atoms with Crippen molar-refractivity contribution in [1.29, 1.82) is 0 Å². The molecule has 0 saturated carbocycles. The van der Waals surface area contributed by atoms with E-state index in [2.05, 4.69) is 0 Å². The van der Waals surface area contributed by atoms with Crippen LogP contribution >= 0.6 is 0 Å². The molecule has 0 amide bonds. The monoisotopic (exact) mass is 262 g/mol. The van der Waals surface area contributed by atoms with E-state index in [1.165, 1.54) is 7.11 Å². The zero-order valence-corrected chi connectivity index (χ0v) is 12.4. The van der Waals surface area contributed by atoms with Crippen LogP contribution in [-0.2, 0) is 23.4 Å². The van der Waals surface area contributed by atoms with E-state index in [-0.39, 0.29) is 0 Å². The summed E-state index contributed by atoms with van der Waals surface area (Å²) in [6, 6.07) is 0. The van der Waals surface area contributed by atoms with Gasteiger partial charge in [0, 0.05) is 0 Å². The lowest BCUT2D eigenvalue weighted by Gasteiger charge is -2.28. The number of hydrogen-bond acceptors (Lipinski definition) is 5. The topological polar surface area (TPSA) is 54.0 Å². The molecule has 0 bridgehead atoms. The normalized spacial score (nSPS) is 25.6. The molecule has 1 aliphatic heterocycles. The number of esters is 1. The summed E-state index contributed by atoms with van der Waals surface area (Å²) in [4.78, 5) is 11.7. The Hall–Kier alpha value is -0.433. The van der Waals surface area contributed by atoms with Crippen LogP contribution in [0.1, 0.15) is 13.8 Å². The summed E-state index contributed by atoms with van der Waals surface area (Å²) in [6.45, 7) is 10.0. The predicted molar refractivity (Wildman–Crippen MR) is 65.1 cm³/mol. The van der Waals surface area contributed by atoms with Gasteiger partial charge in [0.2, 0.25) is 0 Å². The molecule has 2 atom stereocenters. The van der Waals surface area contributed by atoms with Crippen molar-refractivity contribution in [3.05, 3.63) is 0 Å². The summed E-state index contributed by atoms with van der Waals surface area (Å²) in [6.07, 6.45) is -1.10. The Morgan fingerprint density at radius 3 is 2.35 bits per heavy atom. The SMILES string of the molecule is COC(=O)C(O[Si](C)(C)C)C1COC(C)(C)O1. The van der Waals surface area contributed by atoms with E-state index in [1.54, 1.807) is 0 Å². The van der Waals surface area contributed by atoms with Crippen molar-refractivity contribution >= 4 is 14.3 Å². The molecular formula is C11H22O5Si. The molecule has 1 fully saturated rings. The molecule has 0 N–H and O–H groups in total. The molecule has 0 aromatic carbocycles. The van der Waals surface area contributed by atoms with Crippen LogP contribution in [0.5, 0.6) is 0 Å². The maximum Gasteiger partial charge on any atom is 0.336 e. The van der Waals surface area contributed by atoms with Gasteiger partial charge in [-0.2, -0.15) is 0 Å². The minimum absolute atomic E-state index is 0.344. The summed E-state index contributed by atoms with van der Waals surface area (Å²) in [5.41, 5.74) is 0. The van der Waals surface area contributed by atoms with E-state index >= 15 is 0 Å². The van der Waals surface area contributed by atoms with Crippen LogP contribution in [0.15, 0.2) is 0 Å². The van der Waals surface area contributed by atoms with E-state index in [0.29, 0.717) is 6.61 Å². The zero-order chi connectivity index (χ0) is 13.3. The molecule has 1 rings (SSSR count). The maximum atomic E-state index is 11.7. The maximum absolute atomic E-state index is 11.7. The molecular weight excluding hydrogens is 240 g/mol. The molecule has 0 aromatic heterocycles. The van der Waals surface area contributed by atoms with Crippen molar-refractivity contribution in [3.63, 3.8) is 0 Å². The summed E-state index contributed by atoms with van der Waals surface area (Å²) in [5.74, 6) is -1.07. The van der Waals surface area contributed by atoms with Crippen molar-refractivity contribution in [2.24, 2.45) is 0 Å². The van der Waals surface area contributed by atoms with Crippen LogP contribution in [0.4, 0.5) is 0 Å². The van der Waals surface area contributed by atoms with Gasteiger partial charge in [0.25, 0.3) is 0 Å². The highest BCUT2D eigenvalue weighted by Crippen LogP contribution is 2.27. The first kappa shape index (κ1) is 14.6. The number of carbonyl (C=O) groups excluding carboxylic acids is 1. The zero-order valence-electron chi connectivity index (χ0n) is 11.4. The average Bonchev–Trinajstić information content (AvgIpc) is 2.52. The lowest BCUT2D eigenvalue weighted by molar-refractivity contribution is -0.168. The van der Waals surface area contributed by atoms with Gasteiger partial charge in [-0.15, -0.1) is 0 Å². The minimum atomic E-state index is -1.85. The van der Waals surface area contributed by atoms with Crippen LogP contribution in [0.25, 0.3) is 0 Å². The van der Waals surface area contributed by atoms with E-state index in [4.69, 9.17) is 18.6 Å². The predicted octanol–water partition coefficient (Wildman–Crippen LogP) is 1.53. The lowest BCUT2D eigenvalue weighted by Crippen LogP contribution is -2.46. The molecule has 0 spiro atoms. The number of ether oxygens (including phenoxy) is 3. The van der Waals surface area contributed by atoms with Crippen molar-refractivity contribution < 1.29 is 23.4 Å². The Kier molecular flexibility index (Phi) is 4.35. The Labute approximate surface area is 104 Å². The van der Waals surface area contributed by atoms with Gasteiger partial charge in [-0.1, -0.05) is 0 Å². The summed E-state index contributed by atoms with van der Waals surface area (Å²) in [7, 11) is -0.499. The second kappa shape index (κ2) is 5.05. The third-order valence-electron chi connectivity index (χ3n) is 2.28. The smallest absolute Gasteiger partial charge is 0.336 e. The molecule has 0 radical (unpaired) electrons.